The number of esters is 1. The molecular formula is C23H28O6S. The standard InChI is InChI=1S/C23H28O6S/c1-15-11-19(29-14-16-6-9-30(25,26)10-7-16)12-17-5-8-28-21-4-3-18(23(24)27-2)13-20(21)22(15)17/h3-4,11-13,16,25-26H,5-10,14H2,1-2H3. The number of fused-ring (bicyclic) bond motifs is 3. The van der Waals surface area contributed by atoms with Crippen molar-refractivity contribution in [3.63, 3.8) is 0 Å². The molecule has 0 unspecified atom stereocenters. The third-order valence-corrected chi connectivity index (χ3v) is 7.66. The number of methoxy groups -OCH3 is 1. The lowest BCUT2D eigenvalue weighted by molar-refractivity contribution is 0.0600. The fourth-order valence-electron chi connectivity index (χ4n) is 4.20. The molecule has 0 aliphatic carbocycles. The number of hydrogen-bond donors (Lipinski definition) is 2. The van der Waals surface area contributed by atoms with Gasteiger partial charge in [-0.1, -0.05) is 0 Å². The van der Waals surface area contributed by atoms with Gasteiger partial charge in [0.2, 0.25) is 0 Å². The van der Waals surface area contributed by atoms with E-state index < -0.39 is 10.6 Å². The highest BCUT2D eigenvalue weighted by atomic mass is 32.3. The Hall–Kier alpha value is -2.22. The van der Waals surface area contributed by atoms with Crippen LogP contribution in [-0.4, -0.2) is 46.9 Å². The fraction of sp³-hybridized carbons (Fsp3) is 0.435. The Morgan fingerprint density at radius 2 is 1.97 bits per heavy atom. The van der Waals surface area contributed by atoms with Crippen LogP contribution in [0.5, 0.6) is 11.5 Å². The second-order valence-corrected chi connectivity index (χ2v) is 10.5. The number of carbonyl (C=O) groups is 1. The second-order valence-electron chi connectivity index (χ2n) is 8.04. The van der Waals surface area contributed by atoms with Crippen molar-refractivity contribution in [3.05, 3.63) is 47.0 Å². The Morgan fingerprint density at radius 1 is 1.20 bits per heavy atom. The van der Waals surface area contributed by atoms with Crippen LogP contribution in [0, 0.1) is 12.8 Å². The summed E-state index contributed by atoms with van der Waals surface area (Å²) in [6.45, 7) is 3.18. The zero-order valence-electron chi connectivity index (χ0n) is 17.3. The van der Waals surface area contributed by atoms with Crippen LogP contribution in [0.4, 0.5) is 0 Å². The Bertz CT molecular complexity index is 945. The number of hydrogen-bond acceptors (Lipinski definition) is 6. The number of benzene rings is 2. The first-order chi connectivity index (χ1) is 14.4. The normalized spacial score (nSPS) is 18.9. The van der Waals surface area contributed by atoms with E-state index in [0.717, 1.165) is 53.0 Å². The van der Waals surface area contributed by atoms with Crippen LogP contribution in [0.1, 0.15) is 34.3 Å². The maximum atomic E-state index is 12.0. The first-order valence-corrected chi connectivity index (χ1v) is 12.1. The molecule has 4 rings (SSSR count). The molecule has 162 valence electrons. The lowest BCUT2D eigenvalue weighted by Crippen LogP contribution is -2.24. The summed E-state index contributed by atoms with van der Waals surface area (Å²) in [7, 11) is -0.987. The molecule has 0 saturated carbocycles. The van der Waals surface area contributed by atoms with Gasteiger partial charge in [0.05, 0.1) is 25.9 Å². The molecule has 2 N–H and O–H groups in total. The van der Waals surface area contributed by atoms with Crippen molar-refractivity contribution < 1.29 is 28.1 Å². The summed E-state index contributed by atoms with van der Waals surface area (Å²) in [5.74, 6) is 2.50. The van der Waals surface area contributed by atoms with Crippen LogP contribution in [-0.2, 0) is 11.2 Å². The zero-order chi connectivity index (χ0) is 21.3. The van der Waals surface area contributed by atoms with Crippen molar-refractivity contribution in [1.82, 2.24) is 0 Å². The van der Waals surface area contributed by atoms with Gasteiger partial charge in [0.1, 0.15) is 11.5 Å². The molecule has 2 aromatic carbocycles. The predicted octanol–water partition coefficient (Wildman–Crippen LogP) is 4.92. The van der Waals surface area contributed by atoms with Crippen LogP contribution in [0.3, 0.4) is 0 Å². The van der Waals surface area contributed by atoms with E-state index in [1.165, 1.54) is 7.11 Å². The summed E-state index contributed by atoms with van der Waals surface area (Å²) >= 11 is 0. The minimum Gasteiger partial charge on any atom is -0.493 e. The van der Waals surface area contributed by atoms with E-state index in [-0.39, 0.29) is 5.97 Å². The number of ether oxygens (including phenoxy) is 3. The van der Waals surface area contributed by atoms with E-state index in [4.69, 9.17) is 14.2 Å². The van der Waals surface area contributed by atoms with Crippen LogP contribution in [0.25, 0.3) is 11.1 Å². The maximum Gasteiger partial charge on any atom is 0.337 e. The molecule has 1 saturated heterocycles. The molecule has 7 heteroatoms. The molecule has 2 aromatic rings. The smallest absolute Gasteiger partial charge is 0.337 e. The monoisotopic (exact) mass is 432 g/mol. The molecule has 2 aliphatic rings. The van der Waals surface area contributed by atoms with Gasteiger partial charge in [0, 0.05) is 23.5 Å². The summed E-state index contributed by atoms with van der Waals surface area (Å²) in [6.07, 6.45) is 2.31. The lowest BCUT2D eigenvalue weighted by atomic mass is 9.92. The zero-order valence-corrected chi connectivity index (χ0v) is 18.2. The summed E-state index contributed by atoms with van der Waals surface area (Å²) in [5, 5.41) is 0. The highest BCUT2D eigenvalue weighted by Gasteiger charge is 2.25. The third-order valence-electron chi connectivity index (χ3n) is 5.88. The summed E-state index contributed by atoms with van der Waals surface area (Å²) in [6, 6.07) is 9.46. The molecular weight excluding hydrogens is 404 g/mol. The Labute approximate surface area is 178 Å². The maximum absolute atomic E-state index is 12.0. The van der Waals surface area contributed by atoms with Crippen LogP contribution in [0.2, 0.25) is 0 Å². The van der Waals surface area contributed by atoms with E-state index in [1.54, 1.807) is 6.07 Å². The van der Waals surface area contributed by atoms with Crippen molar-refractivity contribution in [2.45, 2.75) is 26.2 Å². The molecule has 0 bridgehead atoms. The van der Waals surface area contributed by atoms with Gasteiger partial charge in [0.15, 0.2) is 0 Å². The number of carbonyl (C=O) groups excluding carboxylic acids is 1. The topological polar surface area (TPSA) is 85.2 Å². The summed E-state index contributed by atoms with van der Waals surface area (Å²) < 4.78 is 36.5. The Balaban J connectivity index is 1.58. The molecule has 6 nitrogen and oxygen atoms in total. The highest BCUT2D eigenvalue weighted by molar-refractivity contribution is 8.24. The molecule has 1 fully saturated rings. The average Bonchev–Trinajstić information content (AvgIpc) is 2.91. The molecule has 30 heavy (non-hydrogen) atoms. The minimum absolute atomic E-state index is 0.343. The molecule has 0 aromatic heterocycles. The Morgan fingerprint density at radius 3 is 2.70 bits per heavy atom. The van der Waals surface area contributed by atoms with Crippen LogP contribution >= 0.6 is 10.6 Å². The molecule has 0 radical (unpaired) electrons. The average molecular weight is 433 g/mol. The number of rotatable bonds is 4. The minimum atomic E-state index is -2.36. The summed E-state index contributed by atoms with van der Waals surface area (Å²) in [4.78, 5) is 12.0. The van der Waals surface area contributed by atoms with Crippen LogP contribution in [0.15, 0.2) is 30.3 Å². The van der Waals surface area contributed by atoms with Crippen molar-refractivity contribution >= 4 is 16.6 Å². The van der Waals surface area contributed by atoms with Gasteiger partial charge in [-0.25, -0.2) is 4.79 Å². The largest absolute Gasteiger partial charge is 0.493 e. The second kappa shape index (κ2) is 8.49. The van der Waals surface area contributed by atoms with Crippen LogP contribution < -0.4 is 9.47 Å². The Kier molecular flexibility index (Phi) is 5.95. The van der Waals surface area contributed by atoms with E-state index in [0.29, 0.717) is 36.2 Å². The molecule has 0 atom stereocenters. The van der Waals surface area contributed by atoms with E-state index in [9.17, 15) is 13.9 Å². The summed E-state index contributed by atoms with van der Waals surface area (Å²) in [5.41, 5.74) is 4.66. The number of aryl methyl sites for hydroxylation is 1. The molecule has 2 aliphatic heterocycles. The van der Waals surface area contributed by atoms with E-state index in [2.05, 4.69) is 6.07 Å². The van der Waals surface area contributed by atoms with Crippen molar-refractivity contribution in [2.24, 2.45) is 5.92 Å². The van der Waals surface area contributed by atoms with Gasteiger partial charge in [0.25, 0.3) is 0 Å². The van der Waals surface area contributed by atoms with Gasteiger partial charge in [-0.15, -0.1) is 0 Å². The van der Waals surface area contributed by atoms with Crippen molar-refractivity contribution in [1.29, 1.82) is 0 Å². The molecule has 2 heterocycles. The molecule has 0 amide bonds. The predicted molar refractivity (Wildman–Crippen MR) is 118 cm³/mol. The molecule has 0 spiro atoms. The SMILES string of the molecule is COC(=O)c1ccc2c(c1)-c1c(C)cc(OCC3CCS(O)(O)CC3)cc1CCO2. The van der Waals surface area contributed by atoms with Gasteiger partial charge in [-0.2, -0.15) is 10.6 Å². The first-order valence-electron chi connectivity index (χ1n) is 10.2. The fourth-order valence-corrected chi connectivity index (χ4v) is 5.82. The third kappa shape index (κ3) is 4.43. The van der Waals surface area contributed by atoms with Gasteiger partial charge in [-0.3, -0.25) is 9.11 Å². The quantitative estimate of drug-likeness (QED) is 0.667. The van der Waals surface area contributed by atoms with Gasteiger partial charge >= 0.3 is 5.97 Å². The lowest BCUT2D eigenvalue weighted by Gasteiger charge is -2.39. The van der Waals surface area contributed by atoms with Crippen molar-refractivity contribution in [2.75, 3.05) is 31.8 Å². The van der Waals surface area contributed by atoms with Crippen molar-refractivity contribution in [3.8, 4) is 22.6 Å². The first kappa shape index (κ1) is 21.0. The van der Waals surface area contributed by atoms with Gasteiger partial charge < -0.3 is 14.2 Å². The van der Waals surface area contributed by atoms with E-state index >= 15 is 0 Å². The highest BCUT2D eigenvalue weighted by Crippen LogP contribution is 2.46. The van der Waals surface area contributed by atoms with Gasteiger partial charge in [-0.05, 0) is 72.7 Å². The van der Waals surface area contributed by atoms with E-state index in [1.807, 2.05) is 25.1 Å².